The Morgan fingerprint density at radius 1 is 1.33 bits per heavy atom. The van der Waals surface area contributed by atoms with Crippen LogP contribution in [0.15, 0.2) is 39.2 Å². The highest BCUT2D eigenvalue weighted by Gasteiger charge is 2.00. The lowest BCUT2D eigenvalue weighted by Crippen LogP contribution is -1.70. The van der Waals surface area contributed by atoms with E-state index in [1.165, 1.54) is 12.4 Å². The molecular formula is C8H6BrN5O. The molecule has 0 radical (unpaired) electrons. The number of azo groups is 1. The smallest absolute Gasteiger partial charge is 0.264 e. The topological polar surface area (TPSA) is 86.5 Å². The number of halogens is 1. The fourth-order valence-electron chi connectivity index (χ4n) is 0.925. The van der Waals surface area contributed by atoms with Gasteiger partial charge >= 0.3 is 0 Å². The van der Waals surface area contributed by atoms with Crippen molar-refractivity contribution in [3.8, 4) is 5.75 Å². The van der Waals surface area contributed by atoms with Crippen LogP contribution in [0.4, 0.5) is 11.6 Å². The molecule has 1 heterocycles. The monoisotopic (exact) mass is 267 g/mol. The largest absolute Gasteiger partial charge is 0.506 e. The number of rotatable bonds is 2. The van der Waals surface area contributed by atoms with E-state index in [0.29, 0.717) is 5.69 Å². The van der Waals surface area contributed by atoms with Crippen LogP contribution in [0.5, 0.6) is 5.75 Å². The standard InChI is InChI=1S/C8H6BrN5O/c9-5-1-2-7(15)6(3-5)12-14-8-10-4-11-13-8/h1-4,15H,(H,10,11,13). The number of aromatic amines is 1. The molecule has 0 fully saturated rings. The Morgan fingerprint density at radius 2 is 2.20 bits per heavy atom. The summed E-state index contributed by atoms with van der Waals surface area (Å²) in [5.41, 5.74) is 0.362. The molecule has 15 heavy (non-hydrogen) atoms. The lowest BCUT2D eigenvalue weighted by atomic mass is 10.3. The van der Waals surface area contributed by atoms with Crippen molar-refractivity contribution in [3.63, 3.8) is 0 Å². The lowest BCUT2D eigenvalue weighted by molar-refractivity contribution is 0.476. The van der Waals surface area contributed by atoms with Gasteiger partial charge in [0.25, 0.3) is 5.95 Å². The van der Waals surface area contributed by atoms with E-state index in [0.717, 1.165) is 4.47 Å². The molecule has 0 unspecified atom stereocenters. The number of H-pyrrole nitrogens is 1. The van der Waals surface area contributed by atoms with Crippen molar-refractivity contribution in [2.24, 2.45) is 10.2 Å². The second kappa shape index (κ2) is 4.18. The number of hydrogen-bond donors (Lipinski definition) is 2. The molecule has 1 aromatic heterocycles. The van der Waals surface area contributed by atoms with Crippen LogP contribution in [-0.2, 0) is 0 Å². The molecular weight excluding hydrogens is 262 g/mol. The summed E-state index contributed by atoms with van der Waals surface area (Å²) in [6.45, 7) is 0. The van der Waals surface area contributed by atoms with E-state index < -0.39 is 0 Å². The first-order chi connectivity index (χ1) is 7.25. The van der Waals surface area contributed by atoms with E-state index in [-0.39, 0.29) is 11.7 Å². The van der Waals surface area contributed by atoms with E-state index in [1.807, 2.05) is 0 Å². The van der Waals surface area contributed by atoms with Crippen LogP contribution in [-0.4, -0.2) is 20.3 Å². The molecule has 0 aliphatic heterocycles. The third kappa shape index (κ3) is 2.38. The van der Waals surface area contributed by atoms with Crippen LogP contribution in [0.25, 0.3) is 0 Å². The fraction of sp³-hybridized carbons (Fsp3) is 0. The summed E-state index contributed by atoms with van der Waals surface area (Å²) in [4.78, 5) is 3.76. The van der Waals surface area contributed by atoms with Gasteiger partial charge in [-0.05, 0) is 18.2 Å². The highest BCUT2D eigenvalue weighted by molar-refractivity contribution is 9.10. The Kier molecular flexibility index (Phi) is 2.72. The Balaban J connectivity index is 2.27. The van der Waals surface area contributed by atoms with Crippen LogP contribution in [0.1, 0.15) is 0 Å². The first-order valence-corrected chi connectivity index (χ1v) is 4.80. The van der Waals surface area contributed by atoms with Gasteiger partial charge in [-0.2, -0.15) is 10.1 Å². The highest BCUT2D eigenvalue weighted by Crippen LogP contribution is 2.30. The van der Waals surface area contributed by atoms with E-state index >= 15 is 0 Å². The van der Waals surface area contributed by atoms with Gasteiger partial charge in [-0.15, -0.1) is 10.2 Å². The van der Waals surface area contributed by atoms with Crippen LogP contribution < -0.4 is 0 Å². The van der Waals surface area contributed by atoms with E-state index in [1.54, 1.807) is 12.1 Å². The summed E-state index contributed by atoms with van der Waals surface area (Å²) in [6.07, 6.45) is 1.33. The minimum atomic E-state index is 0.0569. The number of hydrogen-bond acceptors (Lipinski definition) is 5. The molecule has 0 saturated heterocycles. The Hall–Kier alpha value is -1.76. The number of nitrogens with one attached hydrogen (secondary N) is 1. The minimum Gasteiger partial charge on any atom is -0.506 e. The molecule has 2 rings (SSSR count). The van der Waals surface area contributed by atoms with Gasteiger partial charge < -0.3 is 5.11 Å². The van der Waals surface area contributed by atoms with Gasteiger partial charge in [-0.1, -0.05) is 15.9 Å². The maximum Gasteiger partial charge on any atom is 0.264 e. The van der Waals surface area contributed by atoms with Gasteiger partial charge in [0, 0.05) is 4.47 Å². The Bertz CT molecular complexity index is 482. The zero-order chi connectivity index (χ0) is 10.7. The first kappa shape index (κ1) is 9.78. The maximum atomic E-state index is 9.44. The maximum absolute atomic E-state index is 9.44. The normalized spacial score (nSPS) is 11.0. The predicted molar refractivity (Wildman–Crippen MR) is 56.4 cm³/mol. The lowest BCUT2D eigenvalue weighted by Gasteiger charge is -1.96. The Morgan fingerprint density at radius 3 is 2.93 bits per heavy atom. The van der Waals surface area contributed by atoms with Crippen LogP contribution >= 0.6 is 15.9 Å². The molecule has 0 aliphatic rings. The second-order valence-corrected chi connectivity index (χ2v) is 3.56. The van der Waals surface area contributed by atoms with Crippen LogP contribution in [0, 0.1) is 0 Å². The van der Waals surface area contributed by atoms with Crippen molar-refractivity contribution in [1.82, 2.24) is 15.2 Å². The highest BCUT2D eigenvalue weighted by atomic mass is 79.9. The number of benzene rings is 1. The van der Waals surface area contributed by atoms with Crippen molar-refractivity contribution in [1.29, 1.82) is 0 Å². The van der Waals surface area contributed by atoms with E-state index in [2.05, 4.69) is 41.3 Å². The number of aromatic nitrogens is 3. The molecule has 1 aromatic carbocycles. The summed E-state index contributed by atoms with van der Waals surface area (Å²) >= 11 is 3.27. The van der Waals surface area contributed by atoms with Gasteiger partial charge in [0.1, 0.15) is 17.8 Å². The number of nitrogens with zero attached hydrogens (tertiary/aromatic N) is 4. The average Bonchev–Trinajstić information content (AvgIpc) is 2.72. The summed E-state index contributed by atoms with van der Waals surface area (Å²) in [5.74, 6) is 0.343. The predicted octanol–water partition coefficient (Wildman–Crippen LogP) is 2.69. The molecule has 0 amide bonds. The van der Waals surface area contributed by atoms with Crippen molar-refractivity contribution in [2.75, 3.05) is 0 Å². The molecule has 0 atom stereocenters. The van der Waals surface area contributed by atoms with E-state index in [9.17, 15) is 5.11 Å². The van der Waals surface area contributed by atoms with Crippen molar-refractivity contribution < 1.29 is 5.11 Å². The molecule has 6 nitrogen and oxygen atoms in total. The number of phenols is 1. The molecule has 2 aromatic rings. The third-order valence-electron chi connectivity index (χ3n) is 1.59. The van der Waals surface area contributed by atoms with Crippen molar-refractivity contribution in [2.45, 2.75) is 0 Å². The summed E-state index contributed by atoms with van der Waals surface area (Å²) < 4.78 is 0.812. The van der Waals surface area contributed by atoms with Gasteiger partial charge in [0.2, 0.25) is 0 Å². The minimum absolute atomic E-state index is 0.0569. The zero-order valence-electron chi connectivity index (χ0n) is 7.42. The number of phenolic OH excluding ortho intramolecular Hbond substituents is 1. The number of aromatic hydroxyl groups is 1. The summed E-state index contributed by atoms with van der Waals surface area (Å²) in [7, 11) is 0. The molecule has 0 bridgehead atoms. The van der Waals surface area contributed by atoms with Crippen molar-refractivity contribution >= 4 is 27.6 Å². The molecule has 76 valence electrons. The van der Waals surface area contributed by atoms with Crippen molar-refractivity contribution in [3.05, 3.63) is 29.0 Å². The van der Waals surface area contributed by atoms with E-state index in [4.69, 9.17) is 0 Å². The second-order valence-electron chi connectivity index (χ2n) is 2.64. The van der Waals surface area contributed by atoms with Gasteiger partial charge in [0.15, 0.2) is 0 Å². The molecule has 7 heteroatoms. The summed E-state index contributed by atoms with van der Waals surface area (Å²) in [5, 5.41) is 23.2. The average molecular weight is 268 g/mol. The fourth-order valence-corrected chi connectivity index (χ4v) is 1.27. The van der Waals surface area contributed by atoms with Gasteiger partial charge in [-0.3, -0.25) is 0 Å². The quantitative estimate of drug-likeness (QED) is 0.821. The zero-order valence-corrected chi connectivity index (χ0v) is 9.01. The molecule has 0 spiro atoms. The van der Waals surface area contributed by atoms with Crippen LogP contribution in [0.3, 0.4) is 0 Å². The third-order valence-corrected chi connectivity index (χ3v) is 2.09. The summed E-state index contributed by atoms with van der Waals surface area (Å²) in [6, 6.07) is 4.89. The molecule has 0 saturated carbocycles. The van der Waals surface area contributed by atoms with Gasteiger partial charge in [0.05, 0.1) is 0 Å². The first-order valence-electron chi connectivity index (χ1n) is 4.01. The van der Waals surface area contributed by atoms with Gasteiger partial charge in [-0.25, -0.2) is 5.10 Å². The Labute approximate surface area is 93.2 Å². The SMILES string of the molecule is Oc1ccc(Br)cc1N=Nc1ncn[nH]1. The van der Waals surface area contributed by atoms with Crippen LogP contribution in [0.2, 0.25) is 0 Å². The molecule has 2 N–H and O–H groups in total. The molecule has 0 aliphatic carbocycles.